The molecule has 1 N–H and O–H groups in total. The number of rotatable bonds is 5. The van der Waals surface area contributed by atoms with Crippen LogP contribution in [0.2, 0.25) is 0 Å². The third-order valence-corrected chi connectivity index (χ3v) is 4.86. The molecule has 0 atom stereocenters. The number of anilines is 1. The van der Waals surface area contributed by atoms with Crippen molar-refractivity contribution in [2.75, 3.05) is 11.1 Å². The number of hydrogen-bond acceptors (Lipinski definition) is 4. The molecule has 0 spiro atoms. The molecule has 6 heteroatoms. The van der Waals surface area contributed by atoms with E-state index in [4.69, 9.17) is 0 Å². The van der Waals surface area contributed by atoms with E-state index in [1.54, 1.807) is 6.33 Å². The Morgan fingerprint density at radius 3 is 2.58 bits per heavy atom. The van der Waals surface area contributed by atoms with Gasteiger partial charge in [-0.3, -0.25) is 9.36 Å². The summed E-state index contributed by atoms with van der Waals surface area (Å²) in [6, 6.07) is 23.8. The van der Waals surface area contributed by atoms with Gasteiger partial charge < -0.3 is 5.32 Å². The van der Waals surface area contributed by atoms with E-state index < -0.39 is 0 Å². The largest absolute Gasteiger partial charge is 0.325 e. The Kier molecular flexibility index (Phi) is 4.66. The van der Waals surface area contributed by atoms with Crippen molar-refractivity contribution in [1.82, 2.24) is 14.8 Å². The number of aromatic nitrogens is 3. The highest BCUT2D eigenvalue weighted by Crippen LogP contribution is 2.21. The first-order valence-corrected chi connectivity index (χ1v) is 9.15. The van der Waals surface area contributed by atoms with Crippen molar-refractivity contribution < 1.29 is 4.79 Å². The number of nitrogens with one attached hydrogen (secondary N) is 1. The summed E-state index contributed by atoms with van der Waals surface area (Å²) in [6.45, 7) is 0. The summed E-state index contributed by atoms with van der Waals surface area (Å²) in [6.07, 6.45) is 1.65. The minimum Gasteiger partial charge on any atom is -0.325 e. The summed E-state index contributed by atoms with van der Waals surface area (Å²) in [5, 5.41) is 13.9. The van der Waals surface area contributed by atoms with E-state index in [1.807, 2.05) is 77.4 Å². The molecule has 4 aromatic rings. The van der Waals surface area contributed by atoms with E-state index >= 15 is 0 Å². The molecule has 0 aliphatic carbocycles. The molecule has 0 aliphatic heterocycles. The number of carbonyl (C=O) groups is 1. The van der Waals surface area contributed by atoms with Gasteiger partial charge in [0.05, 0.1) is 5.75 Å². The van der Waals surface area contributed by atoms with Crippen LogP contribution in [-0.4, -0.2) is 26.4 Å². The Bertz CT molecular complexity index is 1050. The Balaban J connectivity index is 1.42. The van der Waals surface area contributed by atoms with Gasteiger partial charge in [-0.15, -0.1) is 10.2 Å². The number of hydrogen-bond donors (Lipinski definition) is 1. The molecule has 4 rings (SSSR count). The number of nitrogens with zero attached hydrogens (tertiary/aromatic N) is 3. The summed E-state index contributed by atoms with van der Waals surface area (Å²) in [5.74, 6) is 0.186. The van der Waals surface area contributed by atoms with Crippen molar-refractivity contribution in [2.24, 2.45) is 0 Å². The number of carbonyl (C=O) groups excluding carboxylic acids is 1. The van der Waals surface area contributed by atoms with E-state index in [2.05, 4.69) is 15.5 Å². The van der Waals surface area contributed by atoms with Crippen LogP contribution in [0.15, 0.2) is 84.3 Å². The Morgan fingerprint density at radius 1 is 0.962 bits per heavy atom. The molecule has 1 heterocycles. The third kappa shape index (κ3) is 3.60. The van der Waals surface area contributed by atoms with Crippen molar-refractivity contribution in [1.29, 1.82) is 0 Å². The highest BCUT2D eigenvalue weighted by molar-refractivity contribution is 7.99. The first-order chi connectivity index (χ1) is 12.8. The molecule has 0 bridgehead atoms. The van der Waals surface area contributed by atoms with Crippen molar-refractivity contribution in [3.8, 4) is 5.69 Å². The van der Waals surface area contributed by atoms with E-state index in [0.29, 0.717) is 5.16 Å². The van der Waals surface area contributed by atoms with Crippen molar-refractivity contribution in [3.63, 3.8) is 0 Å². The van der Waals surface area contributed by atoms with Crippen LogP contribution in [0.1, 0.15) is 0 Å². The van der Waals surface area contributed by atoms with Gasteiger partial charge in [0, 0.05) is 11.4 Å². The maximum atomic E-state index is 12.3. The van der Waals surface area contributed by atoms with E-state index in [0.717, 1.165) is 22.1 Å². The molecule has 0 radical (unpaired) electrons. The van der Waals surface area contributed by atoms with Gasteiger partial charge in [0.1, 0.15) is 6.33 Å². The Labute approximate surface area is 155 Å². The van der Waals surface area contributed by atoms with Crippen LogP contribution in [0.5, 0.6) is 0 Å². The fourth-order valence-corrected chi connectivity index (χ4v) is 3.41. The molecular weight excluding hydrogens is 344 g/mol. The van der Waals surface area contributed by atoms with Crippen LogP contribution in [0.3, 0.4) is 0 Å². The topological polar surface area (TPSA) is 59.8 Å². The smallest absolute Gasteiger partial charge is 0.234 e. The van der Waals surface area contributed by atoms with Gasteiger partial charge in [-0.1, -0.05) is 60.3 Å². The zero-order valence-electron chi connectivity index (χ0n) is 13.9. The second-order valence-electron chi connectivity index (χ2n) is 5.72. The van der Waals surface area contributed by atoms with E-state index in [1.165, 1.54) is 11.8 Å². The second kappa shape index (κ2) is 7.41. The standard InChI is InChI=1S/C20H16N4OS/c25-19(22-17-11-10-15-6-4-5-7-16(15)12-17)13-26-20-23-21-14-24(20)18-8-2-1-3-9-18/h1-12,14H,13H2,(H,22,25). The molecule has 5 nitrogen and oxygen atoms in total. The van der Waals surface area contributed by atoms with Crippen LogP contribution in [-0.2, 0) is 4.79 Å². The van der Waals surface area contributed by atoms with Crippen molar-refractivity contribution in [3.05, 3.63) is 79.1 Å². The molecule has 26 heavy (non-hydrogen) atoms. The van der Waals surface area contributed by atoms with Crippen molar-refractivity contribution in [2.45, 2.75) is 5.16 Å². The lowest BCUT2D eigenvalue weighted by Crippen LogP contribution is -2.14. The zero-order valence-corrected chi connectivity index (χ0v) is 14.7. The molecule has 3 aromatic carbocycles. The molecule has 1 aromatic heterocycles. The first-order valence-electron chi connectivity index (χ1n) is 8.16. The Morgan fingerprint density at radius 2 is 1.73 bits per heavy atom. The minimum absolute atomic E-state index is 0.0760. The second-order valence-corrected chi connectivity index (χ2v) is 6.66. The van der Waals surface area contributed by atoms with Crippen LogP contribution in [0.4, 0.5) is 5.69 Å². The lowest BCUT2D eigenvalue weighted by atomic mass is 10.1. The maximum Gasteiger partial charge on any atom is 0.234 e. The van der Waals surface area contributed by atoms with Gasteiger partial charge in [0.25, 0.3) is 0 Å². The lowest BCUT2D eigenvalue weighted by molar-refractivity contribution is -0.113. The monoisotopic (exact) mass is 360 g/mol. The molecule has 0 fully saturated rings. The molecule has 0 aliphatic rings. The molecule has 0 saturated heterocycles. The molecule has 1 amide bonds. The fraction of sp³-hybridized carbons (Fsp3) is 0.0500. The van der Waals surface area contributed by atoms with Crippen molar-refractivity contribution >= 4 is 34.1 Å². The van der Waals surface area contributed by atoms with Crippen LogP contribution < -0.4 is 5.32 Å². The van der Waals surface area contributed by atoms with E-state index in [9.17, 15) is 4.79 Å². The average Bonchev–Trinajstić information content (AvgIpc) is 3.16. The third-order valence-electron chi connectivity index (χ3n) is 3.92. The van der Waals surface area contributed by atoms with Gasteiger partial charge in [-0.05, 0) is 35.0 Å². The highest BCUT2D eigenvalue weighted by atomic mass is 32.2. The average molecular weight is 360 g/mol. The zero-order chi connectivity index (χ0) is 17.8. The van der Waals surface area contributed by atoms with Gasteiger partial charge in [0.2, 0.25) is 5.91 Å². The van der Waals surface area contributed by atoms with Crippen LogP contribution in [0.25, 0.3) is 16.5 Å². The summed E-state index contributed by atoms with van der Waals surface area (Å²) in [7, 11) is 0. The molecule has 128 valence electrons. The first kappa shape index (κ1) is 16.4. The quantitative estimate of drug-likeness (QED) is 0.543. The molecule has 0 unspecified atom stereocenters. The summed E-state index contributed by atoms with van der Waals surface area (Å²) in [4.78, 5) is 12.3. The van der Waals surface area contributed by atoms with E-state index in [-0.39, 0.29) is 11.7 Å². The number of fused-ring (bicyclic) bond motifs is 1. The number of benzene rings is 3. The van der Waals surface area contributed by atoms with Crippen LogP contribution in [0, 0.1) is 0 Å². The van der Waals surface area contributed by atoms with Crippen LogP contribution >= 0.6 is 11.8 Å². The number of amides is 1. The lowest BCUT2D eigenvalue weighted by Gasteiger charge is -2.08. The predicted octanol–water partition coefficient (Wildman–Crippen LogP) is 4.15. The maximum absolute atomic E-state index is 12.3. The summed E-state index contributed by atoms with van der Waals surface area (Å²) in [5.41, 5.74) is 1.76. The number of para-hydroxylation sites is 1. The normalized spacial score (nSPS) is 10.8. The van der Waals surface area contributed by atoms with Gasteiger partial charge in [-0.2, -0.15) is 0 Å². The molecular formula is C20H16N4OS. The van der Waals surface area contributed by atoms with Gasteiger partial charge in [0.15, 0.2) is 5.16 Å². The number of thioether (sulfide) groups is 1. The van der Waals surface area contributed by atoms with Gasteiger partial charge >= 0.3 is 0 Å². The fourth-order valence-electron chi connectivity index (χ4n) is 2.68. The van der Waals surface area contributed by atoms with Gasteiger partial charge in [-0.25, -0.2) is 0 Å². The highest BCUT2D eigenvalue weighted by Gasteiger charge is 2.10. The molecule has 0 saturated carbocycles. The SMILES string of the molecule is O=C(CSc1nncn1-c1ccccc1)Nc1ccc2ccccc2c1. The predicted molar refractivity (Wildman–Crippen MR) is 105 cm³/mol. The summed E-state index contributed by atoms with van der Waals surface area (Å²) >= 11 is 1.36. The summed E-state index contributed by atoms with van der Waals surface area (Å²) < 4.78 is 1.87. The minimum atomic E-state index is -0.0760. The Hall–Kier alpha value is -3.12.